The summed E-state index contributed by atoms with van der Waals surface area (Å²) in [5.41, 5.74) is 1.07. The second-order valence-electron chi connectivity index (χ2n) is 2.75. The Morgan fingerprint density at radius 3 is 3.15 bits per heavy atom. The van der Waals surface area contributed by atoms with Gasteiger partial charge in [0.2, 0.25) is 0 Å². The maximum atomic E-state index is 11.3. The van der Waals surface area contributed by atoms with Crippen molar-refractivity contribution in [3.63, 3.8) is 0 Å². The van der Waals surface area contributed by atoms with Gasteiger partial charge in [-0.2, -0.15) is 4.73 Å². The van der Waals surface area contributed by atoms with Crippen molar-refractivity contribution in [1.82, 2.24) is 9.71 Å². The average molecular weight is 178 g/mol. The van der Waals surface area contributed by atoms with Gasteiger partial charge in [0.15, 0.2) is 11.7 Å². The molecule has 0 saturated heterocycles. The van der Waals surface area contributed by atoms with E-state index in [0.29, 0.717) is 15.6 Å². The van der Waals surface area contributed by atoms with Crippen molar-refractivity contribution in [3.8, 4) is 0 Å². The lowest BCUT2D eigenvalue weighted by Crippen LogP contribution is -2.20. The van der Waals surface area contributed by atoms with Gasteiger partial charge in [-0.3, -0.25) is 0 Å². The van der Waals surface area contributed by atoms with Crippen molar-refractivity contribution in [2.45, 2.75) is 6.92 Å². The predicted molar refractivity (Wildman–Crippen MR) is 45.0 cm³/mol. The second kappa shape index (κ2) is 2.55. The number of hydrogen-bond donors (Lipinski definition) is 1. The quantitative estimate of drug-likeness (QED) is 0.472. The first kappa shape index (κ1) is 7.72. The zero-order valence-corrected chi connectivity index (χ0v) is 7.01. The summed E-state index contributed by atoms with van der Waals surface area (Å²) in [7, 11) is 0. The highest BCUT2D eigenvalue weighted by Crippen LogP contribution is 2.05. The van der Waals surface area contributed by atoms with Crippen LogP contribution >= 0.6 is 0 Å². The summed E-state index contributed by atoms with van der Waals surface area (Å²) in [4.78, 5) is 15.1. The van der Waals surface area contributed by atoms with E-state index in [0.717, 1.165) is 4.73 Å². The van der Waals surface area contributed by atoms with Gasteiger partial charge in [-0.15, -0.1) is 0 Å². The summed E-state index contributed by atoms with van der Waals surface area (Å²) < 4.78 is 1.58. The summed E-state index contributed by atoms with van der Waals surface area (Å²) in [6.07, 6.45) is 2.78. The Morgan fingerprint density at radius 2 is 2.38 bits per heavy atom. The van der Waals surface area contributed by atoms with Gasteiger partial charge in [-0.05, 0) is 24.0 Å². The molecule has 0 unspecified atom stereocenters. The number of pyridine rings is 1. The molecule has 0 aliphatic heterocycles. The minimum absolute atomic E-state index is 0.204. The molecule has 0 aliphatic rings. The Labute approximate surface area is 73.5 Å². The van der Waals surface area contributed by atoms with E-state index in [4.69, 9.17) is 0 Å². The molecule has 2 aromatic rings. The first-order valence-corrected chi connectivity index (χ1v) is 3.79. The number of rotatable bonds is 0. The molecule has 0 aliphatic carbocycles. The fourth-order valence-corrected chi connectivity index (χ4v) is 1.20. The molecular formula is C8H8N3O2+. The van der Waals surface area contributed by atoms with Gasteiger partial charge >= 0.3 is 5.65 Å². The molecular weight excluding hydrogens is 170 g/mol. The highest BCUT2D eigenvalue weighted by atomic mass is 16.5. The lowest BCUT2D eigenvalue weighted by molar-refractivity contribution is -0.468. The molecule has 0 atom stereocenters. The normalized spacial score (nSPS) is 10.5. The largest absolute Gasteiger partial charge is 0.428 e. The van der Waals surface area contributed by atoms with E-state index in [9.17, 15) is 10.1 Å². The molecule has 0 amide bonds. The Balaban J connectivity index is 3.06. The average Bonchev–Trinajstić information content (AvgIpc) is 2.15. The molecule has 2 heterocycles. The number of fused-ring (bicyclic) bond motifs is 1. The Hall–Kier alpha value is -1.91. The van der Waals surface area contributed by atoms with E-state index in [1.54, 1.807) is 19.1 Å². The minimum atomic E-state index is 0.204. The molecule has 0 spiro atoms. The third-order valence-electron chi connectivity index (χ3n) is 1.84. The number of aromatic nitrogens is 3. The SMILES string of the molecule is Cc1c[n+](=O)c2ncccc2n1O. The summed E-state index contributed by atoms with van der Waals surface area (Å²) in [5.74, 6) is 0. The van der Waals surface area contributed by atoms with Crippen LogP contribution in [-0.2, 0) is 0 Å². The van der Waals surface area contributed by atoms with Crippen LogP contribution in [0.4, 0.5) is 0 Å². The fraction of sp³-hybridized carbons (Fsp3) is 0.125. The van der Waals surface area contributed by atoms with E-state index in [1.807, 2.05) is 0 Å². The van der Waals surface area contributed by atoms with Crippen LogP contribution in [0.2, 0.25) is 0 Å². The third-order valence-corrected chi connectivity index (χ3v) is 1.84. The molecule has 0 saturated carbocycles. The highest BCUT2D eigenvalue weighted by molar-refractivity contribution is 5.66. The van der Waals surface area contributed by atoms with Gasteiger partial charge in [0.05, 0.1) is 5.69 Å². The first-order valence-electron chi connectivity index (χ1n) is 3.79. The molecule has 5 heteroatoms. The maximum Gasteiger partial charge on any atom is 0.393 e. The Bertz CT molecular complexity index is 518. The Morgan fingerprint density at radius 1 is 1.62 bits per heavy atom. The van der Waals surface area contributed by atoms with Gasteiger partial charge in [0.25, 0.3) is 0 Å². The van der Waals surface area contributed by atoms with Gasteiger partial charge in [0.1, 0.15) is 6.20 Å². The van der Waals surface area contributed by atoms with Crippen LogP contribution in [0.5, 0.6) is 0 Å². The van der Waals surface area contributed by atoms with E-state index in [2.05, 4.69) is 4.98 Å². The van der Waals surface area contributed by atoms with Crippen molar-refractivity contribution in [2.24, 2.45) is 0 Å². The summed E-state index contributed by atoms with van der Waals surface area (Å²) in [5, 5.41) is 9.51. The number of nitrogens with zero attached hydrogens (tertiary/aromatic N) is 3. The molecule has 0 bridgehead atoms. The van der Waals surface area contributed by atoms with Crippen molar-refractivity contribution in [2.75, 3.05) is 0 Å². The standard InChI is InChI=1S/C8H8N3O2/c1-6-5-10(12)8-7(11(6)13)3-2-4-9-8/h2-5,13H,1H3/q+1. The number of aryl methyl sites for hydroxylation is 1. The number of hydrogen-bond acceptors (Lipinski definition) is 3. The summed E-state index contributed by atoms with van der Waals surface area (Å²) >= 11 is 0. The monoisotopic (exact) mass is 178 g/mol. The van der Waals surface area contributed by atoms with Crippen LogP contribution in [-0.4, -0.2) is 14.9 Å². The van der Waals surface area contributed by atoms with E-state index in [-0.39, 0.29) is 5.65 Å². The topological polar surface area (TPSA) is 61.0 Å². The minimum Gasteiger partial charge on any atom is -0.428 e. The molecule has 5 nitrogen and oxygen atoms in total. The van der Waals surface area contributed by atoms with Gasteiger partial charge in [0, 0.05) is 4.43 Å². The van der Waals surface area contributed by atoms with Crippen molar-refractivity contribution in [1.29, 1.82) is 0 Å². The van der Waals surface area contributed by atoms with E-state index >= 15 is 0 Å². The molecule has 0 aromatic carbocycles. The van der Waals surface area contributed by atoms with Crippen LogP contribution in [0.25, 0.3) is 11.2 Å². The lowest BCUT2D eigenvalue weighted by Gasteiger charge is -2.00. The first-order chi connectivity index (χ1) is 6.20. The predicted octanol–water partition coefficient (Wildman–Crippen LogP) is 0.497. The summed E-state index contributed by atoms with van der Waals surface area (Å²) in [6.45, 7) is 1.64. The Kier molecular flexibility index (Phi) is 1.51. The maximum absolute atomic E-state index is 11.3. The van der Waals surface area contributed by atoms with Gasteiger partial charge < -0.3 is 5.21 Å². The highest BCUT2D eigenvalue weighted by Gasteiger charge is 2.11. The van der Waals surface area contributed by atoms with Crippen molar-refractivity contribution in [3.05, 3.63) is 35.1 Å². The molecule has 2 rings (SSSR count). The van der Waals surface area contributed by atoms with E-state index in [1.165, 1.54) is 12.4 Å². The molecule has 0 fully saturated rings. The van der Waals surface area contributed by atoms with Crippen molar-refractivity contribution >= 4 is 11.2 Å². The van der Waals surface area contributed by atoms with Crippen molar-refractivity contribution < 1.29 is 9.63 Å². The van der Waals surface area contributed by atoms with Gasteiger partial charge in [-0.25, -0.2) is 0 Å². The molecule has 2 aromatic heterocycles. The van der Waals surface area contributed by atoms with Crippen LogP contribution in [0.3, 0.4) is 0 Å². The lowest BCUT2D eigenvalue weighted by atomic mass is 10.4. The zero-order chi connectivity index (χ0) is 9.42. The molecule has 0 radical (unpaired) electrons. The molecule has 66 valence electrons. The smallest absolute Gasteiger partial charge is 0.393 e. The molecule has 13 heavy (non-hydrogen) atoms. The van der Waals surface area contributed by atoms with Crippen LogP contribution in [0.1, 0.15) is 5.69 Å². The van der Waals surface area contributed by atoms with Crippen LogP contribution < -0.4 is 4.43 Å². The third kappa shape index (κ3) is 1.05. The van der Waals surface area contributed by atoms with Crippen LogP contribution in [0.15, 0.2) is 24.5 Å². The van der Waals surface area contributed by atoms with Gasteiger partial charge in [-0.1, -0.05) is 4.91 Å². The summed E-state index contributed by atoms with van der Waals surface area (Å²) in [6, 6.07) is 3.29. The van der Waals surface area contributed by atoms with E-state index < -0.39 is 0 Å². The van der Waals surface area contributed by atoms with Crippen LogP contribution in [0, 0.1) is 11.8 Å². The fourth-order valence-electron chi connectivity index (χ4n) is 1.20. The second-order valence-corrected chi connectivity index (χ2v) is 2.75. The zero-order valence-electron chi connectivity index (χ0n) is 7.01. The molecule has 1 N–H and O–H groups in total.